The smallest absolute Gasteiger partial charge is 0.241 e. The molecule has 1 aromatic rings. The first-order chi connectivity index (χ1) is 8.47. The lowest BCUT2D eigenvalue weighted by molar-refractivity contribution is -0.120. The van der Waals surface area contributed by atoms with Gasteiger partial charge in [0.1, 0.15) is 5.82 Å². The summed E-state index contributed by atoms with van der Waals surface area (Å²) in [5, 5.41) is 2.65. The van der Waals surface area contributed by atoms with Crippen molar-refractivity contribution in [2.75, 3.05) is 6.54 Å². The minimum absolute atomic E-state index is 0.177. The Morgan fingerprint density at radius 2 is 2.11 bits per heavy atom. The lowest BCUT2D eigenvalue weighted by atomic mass is 10.4. The largest absolute Gasteiger partial charge is 0.352 e. The molecule has 0 saturated heterocycles. The minimum atomic E-state index is -3.84. The SMILES string of the molecule is O=C(CNS(=O)(=O)c1cccc(F)c1)NC1CC1. The maximum Gasteiger partial charge on any atom is 0.241 e. The van der Waals surface area contributed by atoms with Gasteiger partial charge < -0.3 is 5.32 Å². The second-order valence-corrected chi connectivity index (χ2v) is 5.89. The third-order valence-corrected chi connectivity index (χ3v) is 3.87. The molecule has 7 heteroatoms. The van der Waals surface area contributed by atoms with E-state index in [0.29, 0.717) is 0 Å². The Hall–Kier alpha value is -1.47. The number of carbonyl (C=O) groups is 1. The van der Waals surface area contributed by atoms with E-state index in [1.807, 2.05) is 0 Å². The van der Waals surface area contributed by atoms with Gasteiger partial charge in [0.25, 0.3) is 0 Å². The summed E-state index contributed by atoms with van der Waals surface area (Å²) in [4.78, 5) is 11.1. The van der Waals surface area contributed by atoms with Gasteiger partial charge >= 0.3 is 0 Å². The van der Waals surface area contributed by atoms with Crippen molar-refractivity contribution in [1.29, 1.82) is 0 Å². The third-order valence-electron chi connectivity index (χ3n) is 2.47. The quantitative estimate of drug-likeness (QED) is 0.814. The number of hydrogen-bond acceptors (Lipinski definition) is 3. The highest BCUT2D eigenvalue weighted by Gasteiger charge is 2.24. The number of sulfonamides is 1. The molecule has 98 valence electrons. The van der Waals surface area contributed by atoms with Crippen molar-refractivity contribution in [3.63, 3.8) is 0 Å². The standard InChI is InChI=1S/C11H13FN2O3S/c12-8-2-1-3-10(6-8)18(16,17)13-7-11(15)14-9-4-5-9/h1-3,6,9,13H,4-5,7H2,(H,14,15). The van der Waals surface area contributed by atoms with Crippen LogP contribution >= 0.6 is 0 Å². The van der Waals surface area contributed by atoms with Crippen LogP contribution in [0.1, 0.15) is 12.8 Å². The van der Waals surface area contributed by atoms with Gasteiger partial charge in [-0.05, 0) is 31.0 Å². The summed E-state index contributed by atoms with van der Waals surface area (Å²) in [5.41, 5.74) is 0. The van der Waals surface area contributed by atoms with Crippen molar-refractivity contribution in [3.8, 4) is 0 Å². The Labute approximate surface area is 104 Å². The second-order valence-electron chi connectivity index (χ2n) is 4.12. The van der Waals surface area contributed by atoms with Crippen molar-refractivity contribution < 1.29 is 17.6 Å². The highest BCUT2D eigenvalue weighted by atomic mass is 32.2. The van der Waals surface area contributed by atoms with Crippen LogP contribution in [0.4, 0.5) is 4.39 Å². The van der Waals surface area contributed by atoms with Crippen LogP contribution in [0.2, 0.25) is 0 Å². The number of rotatable bonds is 5. The molecule has 0 aromatic heterocycles. The summed E-state index contributed by atoms with van der Waals surface area (Å²) in [5.74, 6) is -1.02. The molecule has 1 aromatic carbocycles. The van der Waals surface area contributed by atoms with Crippen LogP contribution in [0, 0.1) is 5.82 Å². The van der Waals surface area contributed by atoms with E-state index in [1.54, 1.807) is 0 Å². The molecule has 0 atom stereocenters. The van der Waals surface area contributed by atoms with Gasteiger partial charge in [-0.2, -0.15) is 0 Å². The summed E-state index contributed by atoms with van der Waals surface area (Å²) in [6.45, 7) is -0.338. The van der Waals surface area contributed by atoms with E-state index in [0.717, 1.165) is 25.0 Å². The van der Waals surface area contributed by atoms with Gasteiger partial charge in [-0.3, -0.25) is 4.79 Å². The molecular weight excluding hydrogens is 259 g/mol. The number of carbonyl (C=O) groups excluding carboxylic acids is 1. The zero-order valence-electron chi connectivity index (χ0n) is 9.52. The van der Waals surface area contributed by atoms with Gasteiger partial charge in [-0.25, -0.2) is 17.5 Å². The van der Waals surface area contributed by atoms with Crippen molar-refractivity contribution in [1.82, 2.24) is 10.0 Å². The predicted octanol–water partition coefficient (Wildman–Crippen LogP) is 0.383. The zero-order chi connectivity index (χ0) is 13.2. The van der Waals surface area contributed by atoms with E-state index in [1.165, 1.54) is 12.1 Å². The molecule has 0 aliphatic heterocycles. The van der Waals surface area contributed by atoms with Crippen LogP contribution in [0.3, 0.4) is 0 Å². The van der Waals surface area contributed by atoms with Gasteiger partial charge in [0, 0.05) is 6.04 Å². The number of nitrogens with one attached hydrogen (secondary N) is 2. The molecule has 0 heterocycles. The molecule has 0 unspecified atom stereocenters. The number of amides is 1. The third kappa shape index (κ3) is 3.51. The number of hydrogen-bond donors (Lipinski definition) is 2. The fraction of sp³-hybridized carbons (Fsp3) is 0.364. The van der Waals surface area contributed by atoms with Crippen LogP contribution in [-0.4, -0.2) is 26.9 Å². The summed E-state index contributed by atoms with van der Waals surface area (Å²) in [6, 6.07) is 4.80. The van der Waals surface area contributed by atoms with Crippen LogP contribution < -0.4 is 10.0 Å². The molecule has 1 aliphatic rings. The lowest BCUT2D eigenvalue weighted by Gasteiger charge is -2.07. The number of halogens is 1. The molecule has 18 heavy (non-hydrogen) atoms. The van der Waals surface area contributed by atoms with Gasteiger partial charge in [0.2, 0.25) is 15.9 Å². The first kappa shape index (κ1) is 13.0. The minimum Gasteiger partial charge on any atom is -0.352 e. The number of benzene rings is 1. The van der Waals surface area contributed by atoms with Gasteiger partial charge in [-0.1, -0.05) is 6.07 Å². The van der Waals surface area contributed by atoms with Crippen molar-refractivity contribution in [2.24, 2.45) is 0 Å². The average Bonchev–Trinajstić information content (AvgIpc) is 3.10. The Morgan fingerprint density at radius 3 is 2.72 bits per heavy atom. The Kier molecular flexibility index (Phi) is 3.63. The normalized spacial score (nSPS) is 15.4. The molecule has 0 bridgehead atoms. The van der Waals surface area contributed by atoms with Gasteiger partial charge in [0.05, 0.1) is 11.4 Å². The predicted molar refractivity (Wildman–Crippen MR) is 62.8 cm³/mol. The molecular formula is C11H13FN2O3S. The molecule has 2 N–H and O–H groups in total. The van der Waals surface area contributed by atoms with Gasteiger partial charge in [0.15, 0.2) is 0 Å². The topological polar surface area (TPSA) is 75.3 Å². The highest BCUT2D eigenvalue weighted by Crippen LogP contribution is 2.18. The Morgan fingerprint density at radius 1 is 1.39 bits per heavy atom. The van der Waals surface area contributed by atoms with Crippen LogP contribution in [0.5, 0.6) is 0 Å². The average molecular weight is 272 g/mol. The summed E-state index contributed by atoms with van der Waals surface area (Å²) < 4.78 is 38.5. The van der Waals surface area contributed by atoms with Crippen molar-refractivity contribution >= 4 is 15.9 Å². The van der Waals surface area contributed by atoms with Crippen molar-refractivity contribution in [2.45, 2.75) is 23.8 Å². The van der Waals surface area contributed by atoms with E-state index in [4.69, 9.17) is 0 Å². The van der Waals surface area contributed by atoms with E-state index in [9.17, 15) is 17.6 Å². The molecule has 5 nitrogen and oxygen atoms in total. The second kappa shape index (κ2) is 5.03. The molecule has 0 radical (unpaired) electrons. The lowest BCUT2D eigenvalue weighted by Crippen LogP contribution is -2.37. The summed E-state index contributed by atoms with van der Waals surface area (Å²) in [7, 11) is -3.84. The van der Waals surface area contributed by atoms with E-state index in [2.05, 4.69) is 10.0 Å². The molecule has 1 saturated carbocycles. The van der Waals surface area contributed by atoms with Crippen LogP contribution in [0.25, 0.3) is 0 Å². The highest BCUT2D eigenvalue weighted by molar-refractivity contribution is 7.89. The molecule has 1 amide bonds. The van der Waals surface area contributed by atoms with Crippen LogP contribution in [-0.2, 0) is 14.8 Å². The zero-order valence-corrected chi connectivity index (χ0v) is 10.3. The monoisotopic (exact) mass is 272 g/mol. The fourth-order valence-corrected chi connectivity index (χ4v) is 2.40. The Bertz CT molecular complexity index is 555. The first-order valence-electron chi connectivity index (χ1n) is 5.52. The van der Waals surface area contributed by atoms with E-state index in [-0.39, 0.29) is 23.4 Å². The maximum atomic E-state index is 12.9. The Balaban J connectivity index is 1.96. The maximum absolute atomic E-state index is 12.9. The molecule has 0 spiro atoms. The molecule has 1 aliphatic carbocycles. The molecule has 1 fully saturated rings. The van der Waals surface area contributed by atoms with Gasteiger partial charge in [-0.15, -0.1) is 0 Å². The molecule has 2 rings (SSSR count). The van der Waals surface area contributed by atoms with E-state index >= 15 is 0 Å². The van der Waals surface area contributed by atoms with Crippen molar-refractivity contribution in [3.05, 3.63) is 30.1 Å². The summed E-state index contributed by atoms with van der Waals surface area (Å²) in [6.07, 6.45) is 1.87. The summed E-state index contributed by atoms with van der Waals surface area (Å²) >= 11 is 0. The van der Waals surface area contributed by atoms with Crippen LogP contribution in [0.15, 0.2) is 29.2 Å². The van der Waals surface area contributed by atoms with E-state index < -0.39 is 15.8 Å². The first-order valence-corrected chi connectivity index (χ1v) is 7.00. The fourth-order valence-electron chi connectivity index (χ4n) is 1.38.